The first-order valence-corrected chi connectivity index (χ1v) is 8.94. The van der Waals surface area contributed by atoms with Gasteiger partial charge < -0.3 is 14.6 Å². The Bertz CT molecular complexity index is 837. The van der Waals surface area contributed by atoms with Crippen molar-refractivity contribution in [3.63, 3.8) is 0 Å². The first kappa shape index (κ1) is 19.1. The minimum atomic E-state index is -0.437. The van der Waals surface area contributed by atoms with Crippen LogP contribution < -0.4 is 4.90 Å². The number of aromatic amines is 1. The largest absolute Gasteiger partial charge is 0.465 e. The first-order chi connectivity index (χ1) is 12.9. The summed E-state index contributed by atoms with van der Waals surface area (Å²) in [5.74, 6) is -0.722. The summed E-state index contributed by atoms with van der Waals surface area (Å²) in [6, 6.07) is 6.46. The molecule has 0 radical (unpaired) electrons. The highest BCUT2D eigenvalue weighted by molar-refractivity contribution is 6.02. The van der Waals surface area contributed by atoms with Gasteiger partial charge in [0.15, 0.2) is 5.78 Å². The zero-order valence-electron chi connectivity index (χ0n) is 15.8. The van der Waals surface area contributed by atoms with Crippen LogP contribution in [0.25, 0.3) is 0 Å². The van der Waals surface area contributed by atoms with E-state index in [1.165, 1.54) is 19.2 Å². The van der Waals surface area contributed by atoms with Crippen LogP contribution in [0.5, 0.6) is 0 Å². The van der Waals surface area contributed by atoms with Crippen molar-refractivity contribution < 1.29 is 18.7 Å². The minimum absolute atomic E-state index is 0.0408. The van der Waals surface area contributed by atoms with Crippen LogP contribution in [0, 0.1) is 19.7 Å². The SMILES string of the molecule is COC(=O)c1c(C)[nH]c(C(=O)CN2CCN(c3ccc(F)cc3)CC2)c1C. The molecule has 2 heterocycles. The molecule has 1 fully saturated rings. The van der Waals surface area contributed by atoms with Gasteiger partial charge in [0.1, 0.15) is 5.82 Å². The number of esters is 1. The maximum atomic E-state index is 13.1. The second-order valence-corrected chi connectivity index (χ2v) is 6.78. The molecule has 0 aliphatic carbocycles. The van der Waals surface area contributed by atoms with E-state index in [1.54, 1.807) is 26.0 Å². The Morgan fingerprint density at radius 2 is 1.74 bits per heavy atom. The molecular weight excluding hydrogens is 349 g/mol. The lowest BCUT2D eigenvalue weighted by Gasteiger charge is -2.35. The van der Waals surface area contributed by atoms with Gasteiger partial charge in [0.05, 0.1) is 24.9 Å². The smallest absolute Gasteiger partial charge is 0.339 e. The Labute approximate surface area is 157 Å². The monoisotopic (exact) mass is 373 g/mol. The van der Waals surface area contributed by atoms with Crippen LogP contribution in [0.2, 0.25) is 0 Å². The van der Waals surface area contributed by atoms with Gasteiger partial charge in [0, 0.05) is 37.6 Å². The predicted molar refractivity (Wildman–Crippen MR) is 101 cm³/mol. The molecular formula is C20H24FN3O3. The van der Waals surface area contributed by atoms with Gasteiger partial charge in [-0.25, -0.2) is 9.18 Å². The van der Waals surface area contributed by atoms with Crippen molar-refractivity contribution in [1.82, 2.24) is 9.88 Å². The van der Waals surface area contributed by atoms with Crippen LogP contribution in [-0.4, -0.2) is 61.5 Å². The van der Waals surface area contributed by atoms with Crippen LogP contribution in [0.4, 0.5) is 10.1 Å². The molecule has 144 valence electrons. The number of aromatic nitrogens is 1. The number of H-pyrrole nitrogens is 1. The Morgan fingerprint density at radius 3 is 2.33 bits per heavy atom. The molecule has 6 nitrogen and oxygen atoms in total. The number of nitrogens with one attached hydrogen (secondary N) is 1. The maximum Gasteiger partial charge on any atom is 0.339 e. The molecule has 1 saturated heterocycles. The second kappa shape index (κ2) is 7.92. The van der Waals surface area contributed by atoms with Crippen LogP contribution >= 0.6 is 0 Å². The molecule has 0 spiro atoms. The number of halogens is 1. The lowest BCUT2D eigenvalue weighted by molar-refractivity contribution is 0.0599. The summed E-state index contributed by atoms with van der Waals surface area (Å²) >= 11 is 0. The molecule has 2 aromatic rings. The minimum Gasteiger partial charge on any atom is -0.465 e. The second-order valence-electron chi connectivity index (χ2n) is 6.78. The summed E-state index contributed by atoms with van der Waals surface area (Å²) in [4.78, 5) is 31.9. The highest BCUT2D eigenvalue weighted by Gasteiger charge is 2.25. The summed E-state index contributed by atoms with van der Waals surface area (Å²) < 4.78 is 17.9. The molecule has 1 aromatic carbocycles. The Balaban J connectivity index is 1.61. The van der Waals surface area contributed by atoms with E-state index < -0.39 is 5.97 Å². The zero-order chi connectivity index (χ0) is 19.6. The standard InChI is InChI=1S/C20H24FN3O3/c1-13-18(20(26)27-3)14(2)22-19(13)17(25)12-23-8-10-24(11-9-23)16-6-4-15(21)5-7-16/h4-7,22H,8-12H2,1-3H3. The van der Waals surface area contributed by atoms with Gasteiger partial charge in [-0.3, -0.25) is 9.69 Å². The van der Waals surface area contributed by atoms with E-state index in [0.717, 1.165) is 31.9 Å². The average molecular weight is 373 g/mol. The van der Waals surface area contributed by atoms with Gasteiger partial charge in [0.25, 0.3) is 0 Å². The number of benzene rings is 1. The fourth-order valence-electron chi connectivity index (χ4n) is 3.54. The Kier molecular flexibility index (Phi) is 5.60. The van der Waals surface area contributed by atoms with E-state index >= 15 is 0 Å². The Hall–Kier alpha value is -2.67. The van der Waals surface area contributed by atoms with Crippen molar-refractivity contribution in [3.05, 3.63) is 52.6 Å². The topological polar surface area (TPSA) is 65.6 Å². The number of hydrogen-bond acceptors (Lipinski definition) is 5. The van der Waals surface area contributed by atoms with Crippen LogP contribution in [0.3, 0.4) is 0 Å². The highest BCUT2D eigenvalue weighted by Crippen LogP contribution is 2.21. The van der Waals surface area contributed by atoms with E-state index in [1.807, 2.05) is 0 Å². The average Bonchev–Trinajstić information content (AvgIpc) is 2.97. The number of ketones is 1. The van der Waals surface area contributed by atoms with Crippen LogP contribution in [0.1, 0.15) is 32.1 Å². The molecule has 0 amide bonds. The summed E-state index contributed by atoms with van der Waals surface area (Å²) in [5.41, 5.74) is 3.16. The molecule has 0 atom stereocenters. The van der Waals surface area contributed by atoms with E-state index in [2.05, 4.69) is 14.8 Å². The summed E-state index contributed by atoms with van der Waals surface area (Å²) in [5, 5.41) is 0. The van der Waals surface area contributed by atoms with E-state index in [4.69, 9.17) is 4.74 Å². The molecule has 1 N–H and O–H groups in total. The van der Waals surface area contributed by atoms with E-state index in [-0.39, 0.29) is 11.6 Å². The number of nitrogens with zero attached hydrogens (tertiary/aromatic N) is 2. The number of piperazine rings is 1. The zero-order valence-corrected chi connectivity index (χ0v) is 15.8. The van der Waals surface area contributed by atoms with Gasteiger partial charge >= 0.3 is 5.97 Å². The summed E-state index contributed by atoms with van der Waals surface area (Å²) in [7, 11) is 1.33. The summed E-state index contributed by atoms with van der Waals surface area (Å²) in [6.07, 6.45) is 0. The third-order valence-electron chi connectivity index (χ3n) is 5.04. The lowest BCUT2D eigenvalue weighted by Crippen LogP contribution is -2.48. The van der Waals surface area contributed by atoms with Crippen molar-refractivity contribution in [3.8, 4) is 0 Å². The molecule has 1 aromatic heterocycles. The molecule has 1 aliphatic rings. The molecule has 0 unspecified atom stereocenters. The number of rotatable bonds is 5. The molecule has 0 saturated carbocycles. The first-order valence-electron chi connectivity index (χ1n) is 8.94. The predicted octanol–water partition coefficient (Wildman–Crippen LogP) is 2.56. The van der Waals surface area contributed by atoms with Crippen LogP contribution in [0.15, 0.2) is 24.3 Å². The number of carbonyl (C=O) groups excluding carboxylic acids is 2. The maximum absolute atomic E-state index is 13.1. The number of anilines is 1. The summed E-state index contributed by atoms with van der Waals surface area (Å²) in [6.45, 7) is 6.84. The van der Waals surface area contributed by atoms with Gasteiger partial charge in [-0.05, 0) is 43.7 Å². The quantitative estimate of drug-likeness (QED) is 0.645. The molecule has 1 aliphatic heterocycles. The number of Topliss-reactive ketones (excluding diaryl/α,β-unsaturated/α-hetero) is 1. The molecule has 3 rings (SSSR count). The van der Waals surface area contributed by atoms with Gasteiger partial charge in [0.2, 0.25) is 0 Å². The van der Waals surface area contributed by atoms with Crippen molar-refractivity contribution in [2.24, 2.45) is 0 Å². The van der Waals surface area contributed by atoms with Gasteiger partial charge in [-0.1, -0.05) is 0 Å². The van der Waals surface area contributed by atoms with Crippen molar-refractivity contribution in [1.29, 1.82) is 0 Å². The van der Waals surface area contributed by atoms with E-state index in [0.29, 0.717) is 29.1 Å². The molecule has 27 heavy (non-hydrogen) atoms. The number of aryl methyl sites for hydroxylation is 1. The van der Waals surface area contributed by atoms with Crippen LogP contribution in [-0.2, 0) is 4.74 Å². The van der Waals surface area contributed by atoms with Gasteiger partial charge in [-0.2, -0.15) is 0 Å². The fourth-order valence-corrected chi connectivity index (χ4v) is 3.54. The van der Waals surface area contributed by atoms with Gasteiger partial charge in [-0.15, -0.1) is 0 Å². The molecule has 0 bridgehead atoms. The highest BCUT2D eigenvalue weighted by atomic mass is 19.1. The third-order valence-corrected chi connectivity index (χ3v) is 5.04. The Morgan fingerprint density at radius 1 is 1.11 bits per heavy atom. The lowest BCUT2D eigenvalue weighted by atomic mass is 10.1. The molecule has 7 heteroatoms. The number of carbonyl (C=O) groups is 2. The number of ether oxygens (including phenoxy) is 1. The fraction of sp³-hybridized carbons (Fsp3) is 0.400. The van der Waals surface area contributed by atoms with Crippen molar-refractivity contribution in [2.45, 2.75) is 13.8 Å². The third kappa shape index (κ3) is 4.03. The normalized spacial score (nSPS) is 15.0. The number of methoxy groups -OCH3 is 1. The van der Waals surface area contributed by atoms with Crippen molar-refractivity contribution >= 4 is 17.4 Å². The van der Waals surface area contributed by atoms with E-state index in [9.17, 15) is 14.0 Å². The van der Waals surface area contributed by atoms with Crippen molar-refractivity contribution in [2.75, 3.05) is 44.7 Å². The number of hydrogen-bond donors (Lipinski definition) is 1.